The maximum absolute atomic E-state index is 12.1. The van der Waals surface area contributed by atoms with E-state index >= 15 is 0 Å². The fourth-order valence-electron chi connectivity index (χ4n) is 1.93. The van der Waals surface area contributed by atoms with E-state index in [1.165, 1.54) is 9.80 Å². The minimum Gasteiger partial charge on any atom is -0.480 e. The minimum atomic E-state index is -1.02. The van der Waals surface area contributed by atoms with Crippen LogP contribution in [0.2, 0.25) is 0 Å². The van der Waals surface area contributed by atoms with Gasteiger partial charge in [-0.25, -0.2) is 4.79 Å². The molecular weight excluding hydrogens is 224 g/mol. The zero-order valence-corrected chi connectivity index (χ0v) is 10.3. The predicted molar refractivity (Wildman–Crippen MR) is 61.7 cm³/mol. The molecule has 0 aromatic heterocycles. The number of carboxylic acid groups (broad SMARTS) is 1. The zero-order chi connectivity index (χ0) is 13.0. The van der Waals surface area contributed by atoms with Crippen molar-refractivity contribution in [2.75, 3.05) is 19.6 Å². The van der Waals surface area contributed by atoms with Gasteiger partial charge >= 0.3 is 12.0 Å². The van der Waals surface area contributed by atoms with Crippen molar-refractivity contribution in [3.8, 4) is 0 Å². The molecule has 0 aliphatic carbocycles. The molecule has 0 bridgehead atoms. The molecule has 1 unspecified atom stereocenters. The molecule has 2 N–H and O–H groups in total. The highest BCUT2D eigenvalue weighted by molar-refractivity contribution is 5.80. The molecule has 0 aromatic carbocycles. The average molecular weight is 244 g/mol. The van der Waals surface area contributed by atoms with Crippen molar-refractivity contribution in [3.05, 3.63) is 0 Å². The van der Waals surface area contributed by atoms with E-state index in [1.807, 2.05) is 0 Å². The smallest absolute Gasteiger partial charge is 0.323 e. The summed E-state index contributed by atoms with van der Waals surface area (Å²) in [7, 11) is 0. The first-order chi connectivity index (χ1) is 7.91. The third kappa shape index (κ3) is 3.89. The summed E-state index contributed by atoms with van der Waals surface area (Å²) >= 11 is 0. The summed E-state index contributed by atoms with van der Waals surface area (Å²) in [6.07, 6.45) is 0.961. The fraction of sp³-hybridized carbons (Fsp3) is 0.818. The van der Waals surface area contributed by atoms with Gasteiger partial charge in [-0.2, -0.15) is 0 Å². The van der Waals surface area contributed by atoms with Crippen LogP contribution in [0.15, 0.2) is 0 Å². The highest BCUT2D eigenvalue weighted by Crippen LogP contribution is 2.13. The highest BCUT2D eigenvalue weighted by Gasteiger charge is 2.28. The first-order valence-electron chi connectivity index (χ1n) is 5.87. The van der Waals surface area contributed by atoms with Crippen LogP contribution in [0.1, 0.15) is 26.7 Å². The van der Waals surface area contributed by atoms with E-state index in [-0.39, 0.29) is 18.6 Å². The summed E-state index contributed by atoms with van der Waals surface area (Å²) in [6.45, 7) is 4.13. The lowest BCUT2D eigenvalue weighted by molar-refractivity contribution is -0.138. The maximum atomic E-state index is 12.1. The summed E-state index contributed by atoms with van der Waals surface area (Å²) in [6, 6.07) is -0.473. The number of urea groups is 1. The minimum absolute atomic E-state index is 0.169. The molecule has 0 spiro atoms. The Kier molecular flexibility index (Phi) is 4.74. The normalized spacial score (nSPS) is 20.5. The standard InChI is InChI=1S/C11H20N2O4/c1-8(2)13(7-10(15)16)11(17)12-5-3-4-9(14)6-12/h8-9,14H,3-7H2,1-2H3,(H,15,16). The molecule has 1 saturated heterocycles. The molecule has 0 aromatic rings. The molecule has 0 saturated carbocycles. The Balaban J connectivity index is 2.66. The molecule has 6 heteroatoms. The Labute approximate surface area is 101 Å². The number of carbonyl (C=O) groups is 2. The van der Waals surface area contributed by atoms with Crippen molar-refractivity contribution in [2.24, 2.45) is 0 Å². The van der Waals surface area contributed by atoms with Crippen molar-refractivity contribution < 1.29 is 19.8 Å². The number of piperidine rings is 1. The van der Waals surface area contributed by atoms with Gasteiger partial charge in [0.1, 0.15) is 6.54 Å². The van der Waals surface area contributed by atoms with Gasteiger partial charge in [0.15, 0.2) is 0 Å². The molecule has 1 heterocycles. The molecule has 1 aliphatic rings. The molecule has 0 radical (unpaired) electrons. The van der Waals surface area contributed by atoms with Crippen LogP contribution >= 0.6 is 0 Å². The third-order valence-electron chi connectivity index (χ3n) is 2.84. The highest BCUT2D eigenvalue weighted by atomic mass is 16.4. The second-order valence-electron chi connectivity index (χ2n) is 4.64. The van der Waals surface area contributed by atoms with E-state index in [0.717, 1.165) is 6.42 Å². The summed E-state index contributed by atoms with van der Waals surface area (Å²) in [4.78, 5) is 25.6. The van der Waals surface area contributed by atoms with Crippen LogP contribution in [0.25, 0.3) is 0 Å². The number of rotatable bonds is 3. The summed E-state index contributed by atoms with van der Waals surface area (Å²) in [5.41, 5.74) is 0. The first kappa shape index (κ1) is 13.8. The number of β-amino-alcohol motifs (C(OH)–C–C–N with tert-alkyl or cyclic N) is 1. The Morgan fingerprint density at radius 3 is 2.59 bits per heavy atom. The van der Waals surface area contributed by atoms with Gasteiger partial charge in [0, 0.05) is 19.1 Å². The number of carboxylic acids is 1. The van der Waals surface area contributed by atoms with Crippen molar-refractivity contribution >= 4 is 12.0 Å². The molecule has 1 fully saturated rings. The van der Waals surface area contributed by atoms with Crippen molar-refractivity contribution in [1.82, 2.24) is 9.80 Å². The van der Waals surface area contributed by atoms with E-state index in [1.54, 1.807) is 13.8 Å². The lowest BCUT2D eigenvalue weighted by Crippen LogP contribution is -2.52. The monoisotopic (exact) mass is 244 g/mol. The van der Waals surface area contributed by atoms with E-state index in [0.29, 0.717) is 19.5 Å². The quantitative estimate of drug-likeness (QED) is 0.751. The number of hydrogen-bond acceptors (Lipinski definition) is 3. The van der Waals surface area contributed by atoms with E-state index in [2.05, 4.69) is 0 Å². The van der Waals surface area contributed by atoms with Gasteiger partial charge in [-0.05, 0) is 26.7 Å². The number of aliphatic hydroxyl groups is 1. The lowest BCUT2D eigenvalue weighted by Gasteiger charge is -2.35. The molecule has 2 amide bonds. The summed E-state index contributed by atoms with van der Waals surface area (Å²) in [5, 5.41) is 18.3. The lowest BCUT2D eigenvalue weighted by atomic mass is 10.1. The predicted octanol–water partition coefficient (Wildman–Crippen LogP) is 0.358. The molecular formula is C11H20N2O4. The molecule has 98 valence electrons. The van der Waals surface area contributed by atoms with Gasteiger partial charge in [-0.15, -0.1) is 0 Å². The van der Waals surface area contributed by atoms with Gasteiger partial charge in [0.05, 0.1) is 6.10 Å². The van der Waals surface area contributed by atoms with Crippen LogP contribution in [-0.4, -0.2) is 63.8 Å². The SMILES string of the molecule is CC(C)N(CC(=O)O)C(=O)N1CCCC(O)C1. The molecule has 1 rings (SSSR count). The van der Waals surface area contributed by atoms with E-state index in [9.17, 15) is 14.7 Å². The van der Waals surface area contributed by atoms with Crippen molar-refractivity contribution in [1.29, 1.82) is 0 Å². The van der Waals surface area contributed by atoms with Crippen LogP contribution in [0.3, 0.4) is 0 Å². The van der Waals surface area contributed by atoms with Crippen LogP contribution in [-0.2, 0) is 4.79 Å². The molecule has 1 aliphatic heterocycles. The number of hydrogen-bond donors (Lipinski definition) is 2. The fourth-order valence-corrected chi connectivity index (χ4v) is 1.93. The second kappa shape index (κ2) is 5.86. The summed E-state index contributed by atoms with van der Waals surface area (Å²) in [5.74, 6) is -1.02. The van der Waals surface area contributed by atoms with Crippen molar-refractivity contribution in [3.63, 3.8) is 0 Å². The van der Waals surface area contributed by atoms with E-state index in [4.69, 9.17) is 5.11 Å². The number of likely N-dealkylation sites (tertiary alicyclic amines) is 1. The van der Waals surface area contributed by atoms with Crippen molar-refractivity contribution in [2.45, 2.75) is 38.8 Å². The number of amides is 2. The van der Waals surface area contributed by atoms with E-state index < -0.39 is 12.1 Å². The van der Waals surface area contributed by atoms with Crippen LogP contribution in [0.5, 0.6) is 0 Å². The number of nitrogens with zero attached hydrogens (tertiary/aromatic N) is 2. The topological polar surface area (TPSA) is 81.1 Å². The Hall–Kier alpha value is -1.30. The van der Waals surface area contributed by atoms with Crippen LogP contribution < -0.4 is 0 Å². The maximum Gasteiger partial charge on any atom is 0.323 e. The number of carbonyl (C=O) groups excluding carboxylic acids is 1. The number of aliphatic carboxylic acids is 1. The molecule has 17 heavy (non-hydrogen) atoms. The number of aliphatic hydroxyl groups excluding tert-OH is 1. The van der Waals surface area contributed by atoms with Crippen LogP contribution in [0, 0.1) is 0 Å². The van der Waals surface area contributed by atoms with Gasteiger partial charge in [0.25, 0.3) is 0 Å². The van der Waals surface area contributed by atoms with Gasteiger partial charge in [-0.3, -0.25) is 4.79 Å². The Bertz CT molecular complexity index is 293. The average Bonchev–Trinajstić information content (AvgIpc) is 2.24. The summed E-state index contributed by atoms with van der Waals surface area (Å²) < 4.78 is 0. The zero-order valence-electron chi connectivity index (χ0n) is 10.3. The third-order valence-corrected chi connectivity index (χ3v) is 2.84. The van der Waals surface area contributed by atoms with Gasteiger partial charge in [-0.1, -0.05) is 0 Å². The molecule has 1 atom stereocenters. The Morgan fingerprint density at radius 1 is 1.47 bits per heavy atom. The largest absolute Gasteiger partial charge is 0.480 e. The van der Waals surface area contributed by atoms with Gasteiger partial charge in [0.2, 0.25) is 0 Å². The second-order valence-corrected chi connectivity index (χ2v) is 4.64. The van der Waals surface area contributed by atoms with Crippen LogP contribution in [0.4, 0.5) is 4.79 Å². The molecule has 6 nitrogen and oxygen atoms in total. The first-order valence-corrected chi connectivity index (χ1v) is 5.87. The Morgan fingerprint density at radius 2 is 2.12 bits per heavy atom. The van der Waals surface area contributed by atoms with Gasteiger partial charge < -0.3 is 20.0 Å².